The second-order valence-corrected chi connectivity index (χ2v) is 8.01. The highest BCUT2D eigenvalue weighted by molar-refractivity contribution is 7.90. The Morgan fingerprint density at radius 1 is 0.926 bits per heavy atom. The van der Waals surface area contributed by atoms with Gasteiger partial charge in [-0.05, 0) is 36.4 Å². The van der Waals surface area contributed by atoms with Gasteiger partial charge in [-0.2, -0.15) is 13.2 Å². The molecule has 0 saturated carbocycles. The van der Waals surface area contributed by atoms with Crippen LogP contribution in [0, 0.1) is 5.82 Å². The number of alkyl halides is 3. The molecule has 0 spiro atoms. The van der Waals surface area contributed by atoms with Crippen molar-refractivity contribution in [1.82, 2.24) is 9.55 Å². The average molecular weight is 398 g/mol. The molecule has 3 aromatic rings. The molecule has 0 bridgehead atoms. The first-order chi connectivity index (χ1) is 12.5. The van der Waals surface area contributed by atoms with Crippen molar-refractivity contribution >= 4 is 9.84 Å². The summed E-state index contributed by atoms with van der Waals surface area (Å²) in [7, 11) is -2.22. The molecule has 1 aromatic heterocycles. The summed E-state index contributed by atoms with van der Waals surface area (Å²) in [5.74, 6) is -1.62. The number of imidazole rings is 1. The van der Waals surface area contributed by atoms with Crippen molar-refractivity contribution in [1.29, 1.82) is 0 Å². The molecule has 1 heterocycles. The normalized spacial score (nSPS) is 12.4. The molecule has 0 saturated heterocycles. The number of halogens is 4. The lowest BCUT2D eigenvalue weighted by atomic mass is 10.0. The molecule has 0 N–H and O–H groups in total. The maximum atomic E-state index is 13.3. The van der Waals surface area contributed by atoms with Crippen molar-refractivity contribution in [2.45, 2.75) is 11.1 Å². The molecule has 0 aliphatic carbocycles. The third kappa shape index (κ3) is 3.73. The minimum atomic E-state index is -4.69. The van der Waals surface area contributed by atoms with E-state index in [4.69, 9.17) is 0 Å². The second-order valence-electron chi connectivity index (χ2n) is 5.99. The van der Waals surface area contributed by atoms with E-state index in [1.807, 2.05) is 0 Å². The topological polar surface area (TPSA) is 52.0 Å². The van der Waals surface area contributed by atoms with Crippen molar-refractivity contribution < 1.29 is 26.0 Å². The molecule has 9 heteroatoms. The summed E-state index contributed by atoms with van der Waals surface area (Å²) >= 11 is 0. The first kappa shape index (κ1) is 19.1. The molecular weight excluding hydrogens is 384 g/mol. The predicted octanol–water partition coefficient (Wildman–Crippen LogP) is 4.32. The van der Waals surface area contributed by atoms with Crippen molar-refractivity contribution in [3.8, 4) is 22.5 Å². The highest BCUT2D eigenvalue weighted by atomic mass is 32.2. The number of nitrogens with zero attached hydrogens (tertiary/aromatic N) is 2. The number of benzene rings is 2. The molecule has 0 unspecified atom stereocenters. The van der Waals surface area contributed by atoms with Crippen LogP contribution in [0.1, 0.15) is 5.82 Å². The minimum absolute atomic E-state index is 0.0245. The van der Waals surface area contributed by atoms with Crippen LogP contribution in [-0.2, 0) is 23.1 Å². The molecule has 0 aliphatic rings. The van der Waals surface area contributed by atoms with Gasteiger partial charge in [0.25, 0.3) is 0 Å². The fourth-order valence-electron chi connectivity index (χ4n) is 2.75. The molecule has 2 aromatic carbocycles. The van der Waals surface area contributed by atoms with Crippen LogP contribution >= 0.6 is 0 Å². The summed E-state index contributed by atoms with van der Waals surface area (Å²) < 4.78 is 77.3. The van der Waals surface area contributed by atoms with Gasteiger partial charge in [-0.15, -0.1) is 0 Å². The Morgan fingerprint density at radius 3 is 1.93 bits per heavy atom. The molecule has 27 heavy (non-hydrogen) atoms. The van der Waals surface area contributed by atoms with E-state index in [-0.39, 0.29) is 16.3 Å². The Balaban J connectivity index is 2.24. The summed E-state index contributed by atoms with van der Waals surface area (Å²) in [5, 5.41) is 0. The predicted molar refractivity (Wildman–Crippen MR) is 92.1 cm³/mol. The van der Waals surface area contributed by atoms with E-state index in [9.17, 15) is 26.0 Å². The van der Waals surface area contributed by atoms with E-state index in [1.165, 1.54) is 43.4 Å². The molecule has 3 rings (SSSR count). The van der Waals surface area contributed by atoms with Crippen molar-refractivity contribution in [3.05, 3.63) is 60.2 Å². The zero-order valence-electron chi connectivity index (χ0n) is 14.2. The van der Waals surface area contributed by atoms with E-state index in [0.717, 1.165) is 23.0 Å². The third-order valence-electron chi connectivity index (χ3n) is 4.02. The highest BCUT2D eigenvalue weighted by Crippen LogP contribution is 2.38. The number of aromatic nitrogens is 2. The zero-order chi connectivity index (χ0) is 20.0. The highest BCUT2D eigenvalue weighted by Gasteiger charge is 2.38. The van der Waals surface area contributed by atoms with Gasteiger partial charge in [-0.1, -0.05) is 12.1 Å². The van der Waals surface area contributed by atoms with Gasteiger partial charge in [0.1, 0.15) is 5.82 Å². The molecule has 142 valence electrons. The van der Waals surface area contributed by atoms with Crippen molar-refractivity contribution in [3.63, 3.8) is 0 Å². The van der Waals surface area contributed by atoms with E-state index in [2.05, 4.69) is 4.98 Å². The number of hydrogen-bond donors (Lipinski definition) is 0. The van der Waals surface area contributed by atoms with Crippen LogP contribution in [-0.4, -0.2) is 24.2 Å². The molecule has 4 nitrogen and oxygen atoms in total. The Hall–Kier alpha value is -2.68. The first-order valence-electron chi connectivity index (χ1n) is 7.69. The first-order valence-corrected chi connectivity index (χ1v) is 9.58. The zero-order valence-corrected chi connectivity index (χ0v) is 15.1. The lowest BCUT2D eigenvalue weighted by molar-refractivity contribution is -0.146. The molecule has 0 atom stereocenters. The third-order valence-corrected chi connectivity index (χ3v) is 5.15. The summed E-state index contributed by atoms with van der Waals surface area (Å²) in [5.41, 5.74) is 0.836. The van der Waals surface area contributed by atoms with Gasteiger partial charge in [0.05, 0.1) is 16.3 Å². The van der Waals surface area contributed by atoms with E-state index >= 15 is 0 Å². The smallest absolute Gasteiger partial charge is 0.323 e. The lowest BCUT2D eigenvalue weighted by Crippen LogP contribution is -2.13. The minimum Gasteiger partial charge on any atom is -0.323 e. The lowest BCUT2D eigenvalue weighted by Gasteiger charge is -2.09. The van der Waals surface area contributed by atoms with E-state index in [1.54, 1.807) is 0 Å². The van der Waals surface area contributed by atoms with Crippen molar-refractivity contribution in [2.24, 2.45) is 7.05 Å². The summed E-state index contributed by atoms with van der Waals surface area (Å²) in [6.07, 6.45) is -3.65. The molecule has 0 amide bonds. The largest absolute Gasteiger partial charge is 0.449 e. The van der Waals surface area contributed by atoms with Crippen LogP contribution in [0.5, 0.6) is 0 Å². The number of hydrogen-bond acceptors (Lipinski definition) is 3. The fraction of sp³-hybridized carbons (Fsp3) is 0.167. The van der Waals surface area contributed by atoms with Crippen LogP contribution in [0.3, 0.4) is 0 Å². The van der Waals surface area contributed by atoms with Gasteiger partial charge in [-0.3, -0.25) is 0 Å². The van der Waals surface area contributed by atoms with E-state index in [0.29, 0.717) is 11.1 Å². The second kappa shape index (κ2) is 6.49. The molecule has 0 aliphatic heterocycles. The summed E-state index contributed by atoms with van der Waals surface area (Å²) in [4.78, 5) is 3.78. The van der Waals surface area contributed by atoms with Gasteiger partial charge in [0.2, 0.25) is 5.82 Å². The van der Waals surface area contributed by atoms with Crippen molar-refractivity contribution in [2.75, 3.05) is 6.26 Å². The van der Waals surface area contributed by atoms with Gasteiger partial charge < -0.3 is 4.57 Å². The van der Waals surface area contributed by atoms with Crippen LogP contribution in [0.2, 0.25) is 0 Å². The maximum Gasteiger partial charge on any atom is 0.449 e. The number of rotatable bonds is 3. The summed E-state index contributed by atoms with van der Waals surface area (Å²) in [6.45, 7) is 0. The Bertz CT molecular complexity index is 1080. The standard InChI is InChI=1S/C18H14F4N2O2S/c1-24-16(12-3-7-13(19)8-4-12)15(23-17(24)18(20,21)22)11-5-9-14(10-6-11)27(2,25)26/h3-10H,1-2H3. The monoisotopic (exact) mass is 398 g/mol. The molecular formula is C18H14F4N2O2S. The van der Waals surface area contributed by atoms with Gasteiger partial charge in [0.15, 0.2) is 9.84 Å². The Kier molecular flexibility index (Phi) is 4.59. The summed E-state index contributed by atoms with van der Waals surface area (Å²) in [6, 6.07) is 10.4. The van der Waals surface area contributed by atoms with Gasteiger partial charge >= 0.3 is 6.18 Å². The van der Waals surface area contributed by atoms with E-state index < -0.39 is 27.7 Å². The maximum absolute atomic E-state index is 13.3. The average Bonchev–Trinajstić information content (AvgIpc) is 2.92. The molecule has 0 fully saturated rings. The number of sulfone groups is 1. The van der Waals surface area contributed by atoms with Crippen LogP contribution in [0.4, 0.5) is 17.6 Å². The van der Waals surface area contributed by atoms with Crippen LogP contribution in [0.25, 0.3) is 22.5 Å². The fourth-order valence-corrected chi connectivity index (χ4v) is 3.38. The quantitative estimate of drug-likeness (QED) is 0.618. The van der Waals surface area contributed by atoms with Crippen LogP contribution in [0.15, 0.2) is 53.4 Å². The van der Waals surface area contributed by atoms with Crippen LogP contribution < -0.4 is 0 Å². The SMILES string of the molecule is Cn1c(C(F)(F)F)nc(-c2ccc(S(C)(=O)=O)cc2)c1-c1ccc(F)cc1. The van der Waals surface area contributed by atoms with Gasteiger partial charge in [-0.25, -0.2) is 17.8 Å². The molecule has 0 radical (unpaired) electrons. The Morgan fingerprint density at radius 2 is 1.44 bits per heavy atom. The Labute approximate surface area is 153 Å². The van der Waals surface area contributed by atoms with Gasteiger partial charge in [0, 0.05) is 24.4 Å².